The Labute approximate surface area is 84.8 Å². The second kappa shape index (κ2) is 3.99. The van der Waals surface area contributed by atoms with Crippen molar-refractivity contribution >= 4 is 5.78 Å². The lowest BCUT2D eigenvalue weighted by Gasteiger charge is -2.31. The molecule has 80 valence electrons. The van der Waals surface area contributed by atoms with Crippen LogP contribution >= 0.6 is 0 Å². The van der Waals surface area contributed by atoms with E-state index in [4.69, 9.17) is 9.47 Å². The van der Waals surface area contributed by atoms with Crippen molar-refractivity contribution in [3.05, 3.63) is 0 Å². The van der Waals surface area contributed by atoms with Crippen molar-refractivity contribution in [3.63, 3.8) is 0 Å². The van der Waals surface area contributed by atoms with Crippen LogP contribution in [0.15, 0.2) is 0 Å². The third-order valence-electron chi connectivity index (χ3n) is 3.18. The molecular weight excluding hydrogens is 180 g/mol. The molecule has 0 bridgehead atoms. The zero-order valence-electron chi connectivity index (χ0n) is 8.75. The first-order valence-corrected chi connectivity index (χ1v) is 5.60. The minimum atomic E-state index is -0.395. The van der Waals surface area contributed by atoms with Crippen LogP contribution in [-0.2, 0) is 14.3 Å². The minimum Gasteiger partial charge on any atom is -0.347 e. The number of carbonyl (C=O) groups is 1. The van der Waals surface area contributed by atoms with Crippen LogP contribution in [0.4, 0.5) is 0 Å². The first-order chi connectivity index (χ1) is 6.76. The van der Waals surface area contributed by atoms with Crippen molar-refractivity contribution in [2.45, 2.75) is 57.3 Å². The fourth-order valence-electron chi connectivity index (χ4n) is 2.29. The molecule has 0 aromatic rings. The SMILES string of the molecule is CCC(=O)[C@H]1COC2(CCCCC2)O1. The zero-order chi connectivity index (χ0) is 10.0. The Morgan fingerprint density at radius 3 is 2.71 bits per heavy atom. The smallest absolute Gasteiger partial charge is 0.169 e. The van der Waals surface area contributed by atoms with Gasteiger partial charge >= 0.3 is 0 Å². The molecule has 1 atom stereocenters. The highest BCUT2D eigenvalue weighted by molar-refractivity contribution is 5.83. The molecule has 1 heterocycles. The van der Waals surface area contributed by atoms with E-state index in [2.05, 4.69) is 0 Å². The van der Waals surface area contributed by atoms with Gasteiger partial charge in [0, 0.05) is 19.3 Å². The molecule has 2 aliphatic rings. The summed E-state index contributed by atoms with van der Waals surface area (Å²) < 4.78 is 11.4. The molecular formula is C11H18O3. The summed E-state index contributed by atoms with van der Waals surface area (Å²) in [7, 11) is 0. The second-order valence-electron chi connectivity index (χ2n) is 4.21. The molecule has 0 radical (unpaired) electrons. The van der Waals surface area contributed by atoms with E-state index in [9.17, 15) is 4.79 Å². The molecule has 0 N–H and O–H groups in total. The van der Waals surface area contributed by atoms with Crippen molar-refractivity contribution in [1.82, 2.24) is 0 Å². The van der Waals surface area contributed by atoms with Crippen LogP contribution in [0, 0.1) is 0 Å². The van der Waals surface area contributed by atoms with Crippen molar-refractivity contribution in [2.24, 2.45) is 0 Å². The highest BCUT2D eigenvalue weighted by Crippen LogP contribution is 2.37. The number of hydrogen-bond donors (Lipinski definition) is 0. The number of carbonyl (C=O) groups excluding carboxylic acids is 1. The first-order valence-electron chi connectivity index (χ1n) is 5.60. The molecule has 1 aliphatic carbocycles. The van der Waals surface area contributed by atoms with Gasteiger partial charge in [-0.2, -0.15) is 0 Å². The lowest BCUT2D eigenvalue weighted by molar-refractivity contribution is -0.188. The van der Waals surface area contributed by atoms with E-state index < -0.39 is 5.79 Å². The minimum absolute atomic E-state index is 0.174. The maximum absolute atomic E-state index is 11.4. The van der Waals surface area contributed by atoms with Gasteiger partial charge in [0.2, 0.25) is 0 Å². The van der Waals surface area contributed by atoms with Gasteiger partial charge in [-0.3, -0.25) is 4.79 Å². The van der Waals surface area contributed by atoms with Gasteiger partial charge in [-0.15, -0.1) is 0 Å². The van der Waals surface area contributed by atoms with Crippen molar-refractivity contribution < 1.29 is 14.3 Å². The van der Waals surface area contributed by atoms with Crippen LogP contribution in [0.3, 0.4) is 0 Å². The summed E-state index contributed by atoms with van der Waals surface area (Å²) in [5.74, 6) is -0.222. The van der Waals surface area contributed by atoms with Gasteiger partial charge in [0.05, 0.1) is 6.61 Å². The number of hydrogen-bond acceptors (Lipinski definition) is 3. The van der Waals surface area contributed by atoms with E-state index in [1.54, 1.807) is 0 Å². The molecule has 2 fully saturated rings. The van der Waals surface area contributed by atoms with Gasteiger partial charge in [0.15, 0.2) is 11.6 Å². The Kier molecular flexibility index (Phi) is 2.88. The van der Waals surface area contributed by atoms with Gasteiger partial charge < -0.3 is 9.47 Å². The predicted molar refractivity (Wildman–Crippen MR) is 51.9 cm³/mol. The fourth-order valence-corrected chi connectivity index (χ4v) is 2.29. The van der Waals surface area contributed by atoms with Gasteiger partial charge in [0.1, 0.15) is 6.10 Å². The standard InChI is InChI=1S/C11H18O3/c1-2-9(12)10-8-13-11(14-10)6-4-3-5-7-11/h10H,2-8H2,1H3/t10-/m1/s1. The molecule has 1 saturated carbocycles. The third kappa shape index (κ3) is 1.84. The summed E-state index contributed by atoms with van der Waals surface area (Å²) in [6.07, 6.45) is 5.75. The van der Waals surface area contributed by atoms with Crippen LogP contribution in [0.2, 0.25) is 0 Å². The van der Waals surface area contributed by atoms with Gasteiger partial charge in [0.25, 0.3) is 0 Å². The van der Waals surface area contributed by atoms with E-state index in [0.29, 0.717) is 13.0 Å². The fraction of sp³-hybridized carbons (Fsp3) is 0.909. The highest BCUT2D eigenvalue weighted by atomic mass is 16.7. The largest absolute Gasteiger partial charge is 0.347 e. The van der Waals surface area contributed by atoms with Crippen molar-refractivity contribution in [3.8, 4) is 0 Å². The summed E-state index contributed by atoms with van der Waals surface area (Å²) in [5, 5.41) is 0. The number of ether oxygens (including phenoxy) is 2. The van der Waals surface area contributed by atoms with E-state index in [0.717, 1.165) is 25.7 Å². The monoisotopic (exact) mass is 198 g/mol. The average molecular weight is 198 g/mol. The summed E-state index contributed by atoms with van der Waals surface area (Å²) in [4.78, 5) is 11.4. The van der Waals surface area contributed by atoms with E-state index in [1.165, 1.54) is 6.42 Å². The summed E-state index contributed by atoms with van der Waals surface area (Å²) in [6.45, 7) is 2.34. The summed E-state index contributed by atoms with van der Waals surface area (Å²) >= 11 is 0. The first kappa shape index (κ1) is 10.1. The Balaban J connectivity index is 1.95. The molecule has 14 heavy (non-hydrogen) atoms. The number of rotatable bonds is 2. The van der Waals surface area contributed by atoms with Crippen LogP contribution in [0.25, 0.3) is 0 Å². The topological polar surface area (TPSA) is 35.5 Å². The molecule has 3 nitrogen and oxygen atoms in total. The molecule has 1 saturated heterocycles. The second-order valence-corrected chi connectivity index (χ2v) is 4.21. The Hall–Kier alpha value is -0.410. The number of Topliss-reactive ketones (excluding diaryl/α,β-unsaturated/α-hetero) is 1. The van der Waals surface area contributed by atoms with Crippen LogP contribution in [0.1, 0.15) is 45.4 Å². The molecule has 2 rings (SSSR count). The van der Waals surface area contributed by atoms with Crippen LogP contribution in [-0.4, -0.2) is 24.3 Å². The molecule has 0 amide bonds. The van der Waals surface area contributed by atoms with Crippen LogP contribution < -0.4 is 0 Å². The molecule has 1 spiro atoms. The Morgan fingerprint density at radius 2 is 2.07 bits per heavy atom. The van der Waals surface area contributed by atoms with E-state index in [-0.39, 0.29) is 11.9 Å². The normalized spacial score (nSPS) is 30.8. The average Bonchev–Trinajstić information content (AvgIpc) is 2.62. The van der Waals surface area contributed by atoms with Gasteiger partial charge in [-0.1, -0.05) is 13.3 Å². The molecule has 1 aliphatic heterocycles. The van der Waals surface area contributed by atoms with E-state index >= 15 is 0 Å². The Morgan fingerprint density at radius 1 is 1.36 bits per heavy atom. The quantitative estimate of drug-likeness (QED) is 0.681. The van der Waals surface area contributed by atoms with Gasteiger partial charge in [-0.05, 0) is 12.8 Å². The third-order valence-corrected chi connectivity index (χ3v) is 3.18. The van der Waals surface area contributed by atoms with Gasteiger partial charge in [-0.25, -0.2) is 0 Å². The predicted octanol–water partition coefficient (Wildman–Crippen LogP) is 2.04. The molecule has 0 aromatic heterocycles. The lowest BCUT2D eigenvalue weighted by Crippen LogP contribution is -2.34. The summed E-state index contributed by atoms with van der Waals surface area (Å²) in [5.41, 5.74) is 0. The Bertz CT molecular complexity index is 219. The summed E-state index contributed by atoms with van der Waals surface area (Å²) in [6, 6.07) is 0. The van der Waals surface area contributed by atoms with E-state index in [1.807, 2.05) is 6.92 Å². The molecule has 0 aromatic carbocycles. The maximum Gasteiger partial charge on any atom is 0.169 e. The van der Waals surface area contributed by atoms with Crippen molar-refractivity contribution in [1.29, 1.82) is 0 Å². The molecule has 0 unspecified atom stereocenters. The lowest BCUT2D eigenvalue weighted by atomic mass is 9.94. The zero-order valence-corrected chi connectivity index (χ0v) is 8.75. The van der Waals surface area contributed by atoms with Crippen molar-refractivity contribution in [2.75, 3.05) is 6.61 Å². The molecule has 3 heteroatoms. The highest BCUT2D eigenvalue weighted by Gasteiger charge is 2.43. The number of ketones is 1. The van der Waals surface area contributed by atoms with Crippen LogP contribution in [0.5, 0.6) is 0 Å². The maximum atomic E-state index is 11.4.